The van der Waals surface area contributed by atoms with E-state index in [1.165, 1.54) is 16.9 Å². The minimum Gasteiger partial charge on any atom is -0.364 e. The lowest BCUT2D eigenvalue weighted by atomic mass is 10.1. The quantitative estimate of drug-likeness (QED) is 0.302. The molecule has 0 amide bonds. The van der Waals surface area contributed by atoms with E-state index in [-0.39, 0.29) is 0 Å². The van der Waals surface area contributed by atoms with Gasteiger partial charge in [0.25, 0.3) is 10.0 Å². The van der Waals surface area contributed by atoms with E-state index in [1.807, 2.05) is 22.8 Å². The Morgan fingerprint density at radius 2 is 1.67 bits per heavy atom. The molecule has 0 atom stereocenters. The van der Waals surface area contributed by atoms with E-state index in [2.05, 4.69) is 58.5 Å². The second-order valence-corrected chi connectivity index (χ2v) is 12.7. The van der Waals surface area contributed by atoms with Crippen LogP contribution < -0.4 is 10.2 Å². The van der Waals surface area contributed by atoms with Gasteiger partial charge in [-0.05, 0) is 29.5 Å². The molecule has 2 aromatic carbocycles. The van der Waals surface area contributed by atoms with Crippen molar-refractivity contribution in [3.8, 4) is 0 Å². The average Bonchev–Trinajstić information content (AvgIpc) is 3.65. The molecular formula is C28H29N7O2S2. The first-order valence-corrected chi connectivity index (χ1v) is 15.1. The second kappa shape index (κ2) is 10.8. The minimum absolute atomic E-state index is 0.372. The van der Waals surface area contributed by atoms with E-state index in [4.69, 9.17) is 9.97 Å². The zero-order chi connectivity index (χ0) is 26.8. The van der Waals surface area contributed by atoms with Crippen molar-refractivity contribution in [3.63, 3.8) is 0 Å². The molecule has 5 aromatic rings. The van der Waals surface area contributed by atoms with Crippen LogP contribution in [-0.2, 0) is 23.1 Å². The Morgan fingerprint density at radius 3 is 2.38 bits per heavy atom. The highest BCUT2D eigenvalue weighted by Crippen LogP contribution is 2.27. The van der Waals surface area contributed by atoms with Crippen molar-refractivity contribution in [1.29, 1.82) is 0 Å². The number of nitrogens with zero attached hydrogens (tertiary/aromatic N) is 6. The van der Waals surface area contributed by atoms with Gasteiger partial charge in [0, 0.05) is 32.7 Å². The maximum atomic E-state index is 13.0. The fourth-order valence-electron chi connectivity index (χ4n) is 4.65. The van der Waals surface area contributed by atoms with E-state index < -0.39 is 10.0 Å². The lowest BCUT2D eigenvalue weighted by molar-refractivity contribution is 0.383. The predicted molar refractivity (Wildman–Crippen MR) is 155 cm³/mol. The molecule has 9 nitrogen and oxygen atoms in total. The standard InChI is InChI=1S/C28H29N7O2S2/c1-21-9-11-22(12-10-21)18-29-26-25-27(34(20-30-25)19-23-6-3-2-4-7-23)32-28(31-26)33-13-15-35(16-14-33)39(36,37)24-8-5-17-38-24/h2-12,17,20H,13-16,18-19H2,1H3,(H,29,31,32). The Hall–Kier alpha value is -3.80. The number of piperazine rings is 1. The Morgan fingerprint density at radius 1 is 0.897 bits per heavy atom. The monoisotopic (exact) mass is 559 g/mol. The number of rotatable bonds is 8. The van der Waals surface area contributed by atoms with Gasteiger partial charge in [-0.2, -0.15) is 14.3 Å². The van der Waals surface area contributed by atoms with Crippen LogP contribution in [0.1, 0.15) is 16.7 Å². The molecule has 1 N–H and O–H groups in total. The molecule has 0 saturated carbocycles. The van der Waals surface area contributed by atoms with Crippen molar-refractivity contribution in [3.05, 3.63) is 95.1 Å². The summed E-state index contributed by atoms with van der Waals surface area (Å²) in [5.74, 6) is 1.23. The van der Waals surface area contributed by atoms with E-state index in [1.54, 1.807) is 28.1 Å². The Labute approximate surface area is 231 Å². The Bertz CT molecular complexity index is 1660. The third-order valence-electron chi connectivity index (χ3n) is 6.84. The number of sulfonamides is 1. The van der Waals surface area contributed by atoms with Crippen molar-refractivity contribution in [2.45, 2.75) is 24.2 Å². The predicted octanol–water partition coefficient (Wildman–Crippen LogP) is 4.37. The van der Waals surface area contributed by atoms with Crippen LogP contribution in [0.2, 0.25) is 0 Å². The summed E-state index contributed by atoms with van der Waals surface area (Å²) in [5.41, 5.74) is 4.96. The highest BCUT2D eigenvalue weighted by Gasteiger charge is 2.30. The minimum atomic E-state index is -3.48. The lowest BCUT2D eigenvalue weighted by Gasteiger charge is -2.33. The van der Waals surface area contributed by atoms with E-state index in [9.17, 15) is 8.42 Å². The van der Waals surface area contributed by atoms with Gasteiger partial charge >= 0.3 is 0 Å². The van der Waals surface area contributed by atoms with Crippen LogP contribution >= 0.6 is 11.3 Å². The van der Waals surface area contributed by atoms with Crippen molar-refractivity contribution < 1.29 is 8.42 Å². The molecule has 39 heavy (non-hydrogen) atoms. The molecule has 11 heteroatoms. The van der Waals surface area contributed by atoms with Crippen molar-refractivity contribution >= 4 is 44.3 Å². The van der Waals surface area contributed by atoms with Crippen LogP contribution in [0.15, 0.2) is 82.6 Å². The second-order valence-electron chi connectivity index (χ2n) is 9.56. The summed E-state index contributed by atoms with van der Waals surface area (Å²) in [6.45, 7) is 5.05. The fourth-order valence-corrected chi connectivity index (χ4v) is 7.22. The smallest absolute Gasteiger partial charge is 0.252 e. The maximum Gasteiger partial charge on any atom is 0.252 e. The number of nitrogens with one attached hydrogen (secondary N) is 1. The van der Waals surface area contributed by atoms with Gasteiger partial charge in [0.1, 0.15) is 4.21 Å². The van der Waals surface area contributed by atoms with Gasteiger partial charge in [-0.3, -0.25) is 0 Å². The van der Waals surface area contributed by atoms with Crippen LogP contribution in [0.3, 0.4) is 0 Å². The molecule has 1 aliphatic heterocycles. The van der Waals surface area contributed by atoms with Gasteiger partial charge in [-0.1, -0.05) is 66.2 Å². The van der Waals surface area contributed by atoms with Crippen LogP contribution in [-0.4, -0.2) is 58.4 Å². The first-order valence-electron chi connectivity index (χ1n) is 12.8. The van der Waals surface area contributed by atoms with Crippen LogP contribution in [0.25, 0.3) is 11.2 Å². The first-order chi connectivity index (χ1) is 19.0. The van der Waals surface area contributed by atoms with Crippen molar-refractivity contribution in [2.75, 3.05) is 36.4 Å². The number of hydrogen-bond donors (Lipinski definition) is 1. The molecule has 0 bridgehead atoms. The molecular weight excluding hydrogens is 530 g/mol. The van der Waals surface area contributed by atoms with Crippen molar-refractivity contribution in [2.24, 2.45) is 0 Å². The summed E-state index contributed by atoms with van der Waals surface area (Å²) in [5, 5.41) is 5.26. The topological polar surface area (TPSA) is 96.2 Å². The molecule has 0 radical (unpaired) electrons. The molecule has 1 saturated heterocycles. The number of aryl methyl sites for hydroxylation is 1. The van der Waals surface area contributed by atoms with Crippen LogP contribution in [0.5, 0.6) is 0 Å². The summed E-state index contributed by atoms with van der Waals surface area (Å²) in [4.78, 5) is 16.5. The number of benzene rings is 2. The number of hydrogen-bond acceptors (Lipinski definition) is 8. The van der Waals surface area contributed by atoms with Gasteiger partial charge in [-0.25, -0.2) is 13.4 Å². The summed E-state index contributed by atoms with van der Waals surface area (Å²) < 4.78 is 30.0. The summed E-state index contributed by atoms with van der Waals surface area (Å²) >= 11 is 1.25. The number of imidazole rings is 1. The molecule has 0 spiro atoms. The Kier molecular flexibility index (Phi) is 7.03. The molecule has 1 fully saturated rings. The van der Waals surface area contributed by atoms with E-state index in [0.29, 0.717) is 60.8 Å². The third kappa shape index (κ3) is 5.38. The Balaban J connectivity index is 1.29. The van der Waals surface area contributed by atoms with Crippen LogP contribution in [0, 0.1) is 6.92 Å². The largest absolute Gasteiger partial charge is 0.364 e. The van der Waals surface area contributed by atoms with E-state index in [0.717, 1.165) is 16.8 Å². The number of anilines is 2. The zero-order valence-electron chi connectivity index (χ0n) is 21.6. The van der Waals surface area contributed by atoms with E-state index >= 15 is 0 Å². The maximum absolute atomic E-state index is 13.0. The van der Waals surface area contributed by atoms with Gasteiger partial charge in [0.05, 0.1) is 12.9 Å². The molecule has 0 unspecified atom stereocenters. The molecule has 6 rings (SSSR count). The van der Waals surface area contributed by atoms with Gasteiger partial charge in [0.2, 0.25) is 5.95 Å². The average molecular weight is 560 g/mol. The number of thiophene rings is 1. The first kappa shape index (κ1) is 25.5. The normalized spacial score (nSPS) is 14.6. The SMILES string of the molecule is Cc1ccc(CNc2nc(N3CCN(S(=O)(=O)c4cccs4)CC3)nc3c2ncn3Cc2ccccc2)cc1. The summed E-state index contributed by atoms with van der Waals surface area (Å²) in [6.07, 6.45) is 1.80. The highest BCUT2D eigenvalue weighted by molar-refractivity contribution is 7.91. The molecule has 4 heterocycles. The molecule has 3 aromatic heterocycles. The third-order valence-corrected chi connectivity index (χ3v) is 10.1. The zero-order valence-corrected chi connectivity index (χ0v) is 23.2. The highest BCUT2D eigenvalue weighted by atomic mass is 32.2. The fraction of sp³-hybridized carbons (Fsp3) is 0.250. The lowest BCUT2D eigenvalue weighted by Crippen LogP contribution is -2.49. The van der Waals surface area contributed by atoms with Crippen LogP contribution in [0.4, 0.5) is 11.8 Å². The number of aromatic nitrogens is 4. The van der Waals surface area contributed by atoms with Gasteiger partial charge < -0.3 is 14.8 Å². The summed E-state index contributed by atoms with van der Waals surface area (Å²) in [7, 11) is -3.48. The van der Waals surface area contributed by atoms with Crippen molar-refractivity contribution in [1.82, 2.24) is 23.8 Å². The molecule has 0 aliphatic carbocycles. The molecule has 200 valence electrons. The van der Waals surface area contributed by atoms with Gasteiger partial charge in [0.15, 0.2) is 17.0 Å². The number of fused-ring (bicyclic) bond motifs is 1. The van der Waals surface area contributed by atoms with Gasteiger partial charge in [-0.15, -0.1) is 11.3 Å². The molecule has 1 aliphatic rings. The summed E-state index contributed by atoms with van der Waals surface area (Å²) in [6, 6.07) is 22.0.